The van der Waals surface area contributed by atoms with Gasteiger partial charge in [0.15, 0.2) is 0 Å². The van der Waals surface area contributed by atoms with Gasteiger partial charge in [0.25, 0.3) is 11.5 Å². The molecule has 2 saturated heterocycles. The van der Waals surface area contributed by atoms with Crippen molar-refractivity contribution >= 4 is 51.5 Å². The summed E-state index contributed by atoms with van der Waals surface area (Å²) >= 11 is 12.5. The van der Waals surface area contributed by atoms with Gasteiger partial charge in [0, 0.05) is 48.8 Å². The van der Waals surface area contributed by atoms with E-state index in [9.17, 15) is 23.2 Å². The minimum absolute atomic E-state index is 0.0438. The number of likely N-dealkylation sites (tertiary alicyclic amines) is 2. The van der Waals surface area contributed by atoms with Gasteiger partial charge in [0.05, 0.1) is 23.7 Å². The lowest BCUT2D eigenvalue weighted by atomic mass is 9.93. The number of halogens is 4. The van der Waals surface area contributed by atoms with Crippen molar-refractivity contribution in [1.29, 1.82) is 0 Å². The van der Waals surface area contributed by atoms with Crippen LogP contribution in [0.4, 0.5) is 14.5 Å². The van der Waals surface area contributed by atoms with Crippen LogP contribution in [-0.4, -0.2) is 83.0 Å². The van der Waals surface area contributed by atoms with E-state index in [0.717, 1.165) is 17.2 Å². The molecule has 1 atom stereocenters. The maximum absolute atomic E-state index is 14.9. The normalized spacial score (nSPS) is 19.8. The summed E-state index contributed by atoms with van der Waals surface area (Å²) in [4.78, 5) is 46.6. The van der Waals surface area contributed by atoms with E-state index in [1.54, 1.807) is 15.9 Å². The second kappa shape index (κ2) is 10.3. The number of carbonyl (C=O) groups excluding carboxylic acids is 2. The molecule has 1 aromatic heterocycles. The molecule has 3 aliphatic heterocycles. The standard InChI is InChI=1S/C28H27Cl2F2N5O3/c1-14-26-15(4-17(29)7-21(26)30)2-3-37(14)25(38)9-33-23-5-16-6-24(34-27(39)20(16)8-22(23)32)28(40)36-12-19(13-36)35-10-18(31)11-35/h4-8,14,18-19,33H,2-3,9-13H2,1H3,(H,34,39). The number of H-pyrrole nitrogens is 1. The van der Waals surface area contributed by atoms with Crippen LogP contribution in [0, 0.1) is 5.82 Å². The number of nitrogens with one attached hydrogen (secondary N) is 2. The molecule has 0 aliphatic carbocycles. The van der Waals surface area contributed by atoms with Crippen molar-refractivity contribution < 1.29 is 18.4 Å². The molecule has 6 rings (SSSR count). The number of pyridine rings is 1. The molecule has 0 radical (unpaired) electrons. The predicted molar refractivity (Wildman–Crippen MR) is 149 cm³/mol. The van der Waals surface area contributed by atoms with Gasteiger partial charge in [-0.25, -0.2) is 8.78 Å². The number of amides is 2. The Morgan fingerprint density at radius 1 is 1.10 bits per heavy atom. The Kier molecular flexibility index (Phi) is 6.96. The van der Waals surface area contributed by atoms with Crippen molar-refractivity contribution in [2.45, 2.75) is 31.6 Å². The number of nitrogens with zero attached hydrogens (tertiary/aromatic N) is 3. The molecular formula is C28H27Cl2F2N5O3. The second-order valence-electron chi connectivity index (χ2n) is 10.7. The smallest absolute Gasteiger partial charge is 0.270 e. The van der Waals surface area contributed by atoms with Crippen molar-refractivity contribution in [3.8, 4) is 0 Å². The molecule has 0 spiro atoms. The molecule has 210 valence electrons. The summed E-state index contributed by atoms with van der Waals surface area (Å²) in [6.07, 6.45) is -0.208. The van der Waals surface area contributed by atoms with Crippen LogP contribution in [0.2, 0.25) is 10.0 Å². The van der Waals surface area contributed by atoms with Gasteiger partial charge in [-0.05, 0) is 60.2 Å². The van der Waals surface area contributed by atoms with Crippen molar-refractivity contribution in [3.05, 3.63) is 73.4 Å². The van der Waals surface area contributed by atoms with Crippen molar-refractivity contribution in [2.75, 3.05) is 44.6 Å². The lowest BCUT2D eigenvalue weighted by Crippen LogP contribution is -2.66. The van der Waals surface area contributed by atoms with Crippen LogP contribution in [-0.2, 0) is 11.2 Å². The highest BCUT2D eigenvalue weighted by atomic mass is 35.5. The molecule has 2 amide bonds. The average Bonchev–Trinajstić information content (AvgIpc) is 2.85. The highest BCUT2D eigenvalue weighted by Crippen LogP contribution is 2.37. The summed E-state index contributed by atoms with van der Waals surface area (Å²) in [5.41, 5.74) is 1.40. The molecule has 8 nitrogen and oxygen atoms in total. The number of aromatic nitrogens is 1. The number of benzene rings is 2. The first-order valence-electron chi connectivity index (χ1n) is 13.1. The summed E-state index contributed by atoms with van der Waals surface area (Å²) in [5, 5.41) is 4.36. The van der Waals surface area contributed by atoms with E-state index in [0.29, 0.717) is 54.6 Å². The zero-order valence-corrected chi connectivity index (χ0v) is 23.2. The Morgan fingerprint density at radius 2 is 1.85 bits per heavy atom. The highest BCUT2D eigenvalue weighted by Gasteiger charge is 2.41. The second-order valence-corrected chi connectivity index (χ2v) is 11.5. The number of hydrogen-bond donors (Lipinski definition) is 2. The van der Waals surface area contributed by atoms with Gasteiger partial charge in [0.2, 0.25) is 5.91 Å². The molecule has 2 N–H and O–H groups in total. The van der Waals surface area contributed by atoms with E-state index < -0.39 is 17.5 Å². The fourth-order valence-electron chi connectivity index (χ4n) is 5.83. The van der Waals surface area contributed by atoms with Crippen LogP contribution in [0.25, 0.3) is 10.8 Å². The fraction of sp³-hybridized carbons (Fsp3) is 0.393. The molecule has 0 bridgehead atoms. The van der Waals surface area contributed by atoms with Gasteiger partial charge < -0.3 is 20.1 Å². The molecule has 1 unspecified atom stereocenters. The van der Waals surface area contributed by atoms with Crippen LogP contribution in [0.1, 0.15) is 34.6 Å². The van der Waals surface area contributed by atoms with Crippen LogP contribution in [0.5, 0.6) is 0 Å². The third kappa shape index (κ3) is 4.82. The molecule has 2 fully saturated rings. The van der Waals surface area contributed by atoms with E-state index in [4.69, 9.17) is 23.2 Å². The first-order chi connectivity index (χ1) is 19.1. The Hall–Kier alpha value is -3.21. The van der Waals surface area contributed by atoms with Crippen LogP contribution >= 0.6 is 23.2 Å². The molecule has 12 heteroatoms. The summed E-state index contributed by atoms with van der Waals surface area (Å²) in [7, 11) is 0. The van der Waals surface area contributed by atoms with E-state index in [-0.39, 0.29) is 47.2 Å². The maximum atomic E-state index is 14.9. The molecule has 3 aromatic rings. The quantitative estimate of drug-likeness (QED) is 0.469. The minimum atomic E-state index is -0.807. The van der Waals surface area contributed by atoms with E-state index in [1.165, 1.54) is 12.1 Å². The Morgan fingerprint density at radius 3 is 2.58 bits per heavy atom. The number of anilines is 1. The molecule has 40 heavy (non-hydrogen) atoms. The summed E-state index contributed by atoms with van der Waals surface area (Å²) in [6, 6.07) is 7.39. The third-order valence-electron chi connectivity index (χ3n) is 8.13. The van der Waals surface area contributed by atoms with E-state index >= 15 is 0 Å². The van der Waals surface area contributed by atoms with Gasteiger partial charge in [0.1, 0.15) is 17.7 Å². The third-order valence-corrected chi connectivity index (χ3v) is 8.66. The van der Waals surface area contributed by atoms with E-state index in [1.807, 2.05) is 17.9 Å². The largest absolute Gasteiger partial charge is 0.374 e. The van der Waals surface area contributed by atoms with Gasteiger partial charge in [-0.1, -0.05) is 23.2 Å². The Balaban J connectivity index is 1.15. The van der Waals surface area contributed by atoms with Crippen LogP contribution in [0.15, 0.2) is 35.1 Å². The lowest BCUT2D eigenvalue weighted by molar-refractivity contribution is -0.131. The monoisotopic (exact) mass is 589 g/mol. The summed E-state index contributed by atoms with van der Waals surface area (Å²) < 4.78 is 28.0. The minimum Gasteiger partial charge on any atom is -0.374 e. The van der Waals surface area contributed by atoms with Crippen LogP contribution in [0.3, 0.4) is 0 Å². The topological polar surface area (TPSA) is 88.8 Å². The van der Waals surface area contributed by atoms with E-state index in [2.05, 4.69) is 10.3 Å². The molecule has 4 heterocycles. The van der Waals surface area contributed by atoms with Crippen molar-refractivity contribution in [3.63, 3.8) is 0 Å². The molecule has 3 aliphatic rings. The zero-order chi connectivity index (χ0) is 28.3. The first-order valence-corrected chi connectivity index (χ1v) is 13.9. The number of rotatable bonds is 5. The van der Waals surface area contributed by atoms with Gasteiger partial charge in [-0.15, -0.1) is 0 Å². The number of carbonyl (C=O) groups is 2. The highest BCUT2D eigenvalue weighted by molar-refractivity contribution is 6.35. The van der Waals surface area contributed by atoms with Gasteiger partial charge in [-0.2, -0.15) is 0 Å². The number of aromatic amines is 1. The molecule has 2 aromatic carbocycles. The molecular weight excluding hydrogens is 563 g/mol. The first kappa shape index (κ1) is 27.0. The average molecular weight is 590 g/mol. The van der Waals surface area contributed by atoms with Crippen LogP contribution < -0.4 is 10.9 Å². The Labute approximate surface area is 238 Å². The van der Waals surface area contributed by atoms with Gasteiger partial charge in [-0.3, -0.25) is 19.3 Å². The van der Waals surface area contributed by atoms with Crippen molar-refractivity contribution in [1.82, 2.24) is 19.7 Å². The Bertz CT molecular complexity index is 1590. The predicted octanol–water partition coefficient (Wildman–Crippen LogP) is 4.01. The van der Waals surface area contributed by atoms with Crippen molar-refractivity contribution in [2.24, 2.45) is 0 Å². The van der Waals surface area contributed by atoms with Gasteiger partial charge >= 0.3 is 0 Å². The fourth-order valence-corrected chi connectivity index (χ4v) is 6.52. The number of hydrogen-bond acceptors (Lipinski definition) is 5. The summed E-state index contributed by atoms with van der Waals surface area (Å²) in [6.45, 7) is 3.87. The summed E-state index contributed by atoms with van der Waals surface area (Å²) in [5.74, 6) is -1.27. The zero-order valence-electron chi connectivity index (χ0n) is 21.6. The maximum Gasteiger partial charge on any atom is 0.270 e. The lowest BCUT2D eigenvalue weighted by Gasteiger charge is -2.49. The number of alkyl halides is 1. The molecule has 0 saturated carbocycles. The number of fused-ring (bicyclic) bond motifs is 2. The SMILES string of the molecule is CC1c2c(Cl)cc(Cl)cc2CCN1C(=O)CNc1cc2cc(C(=O)N3CC(N4CC(F)C4)C3)[nH]c(=O)c2cc1F.